The van der Waals surface area contributed by atoms with Gasteiger partial charge in [0.25, 0.3) is 0 Å². The molecule has 0 aliphatic carbocycles. The molecule has 0 aromatic carbocycles. The van der Waals surface area contributed by atoms with E-state index in [2.05, 4.69) is 5.32 Å². The summed E-state index contributed by atoms with van der Waals surface area (Å²) < 4.78 is 33.4. The molecule has 0 bridgehead atoms. The maximum atomic E-state index is 13.1. The van der Waals surface area contributed by atoms with Gasteiger partial charge >= 0.3 is 0 Å². The summed E-state index contributed by atoms with van der Waals surface area (Å²) in [7, 11) is -3.48. The molecule has 5 nitrogen and oxygen atoms in total. The van der Waals surface area contributed by atoms with Gasteiger partial charge in [-0.05, 0) is 40.2 Å². The van der Waals surface area contributed by atoms with Crippen LogP contribution in [0.1, 0.15) is 50.2 Å². The third-order valence-electron chi connectivity index (χ3n) is 4.19. The van der Waals surface area contributed by atoms with Gasteiger partial charge in [-0.1, -0.05) is 13.3 Å². The topological polar surface area (TPSA) is 62.6 Å². The van der Waals surface area contributed by atoms with E-state index < -0.39 is 10.0 Å². The molecule has 1 N–H and O–H groups in total. The smallest absolute Gasteiger partial charge is 0.247 e. The Morgan fingerprint density at radius 2 is 2.00 bits per heavy atom. The van der Waals surface area contributed by atoms with Crippen LogP contribution in [0.5, 0.6) is 0 Å². The summed E-state index contributed by atoms with van der Waals surface area (Å²) in [4.78, 5) is 0.370. The second kappa shape index (κ2) is 6.50. The fraction of sp³-hybridized carbons (Fsp3) is 0.733. The molecule has 6 heteroatoms. The largest absolute Gasteiger partial charge is 0.465 e. The summed E-state index contributed by atoms with van der Waals surface area (Å²) in [6.45, 7) is 9.49. The van der Waals surface area contributed by atoms with Gasteiger partial charge in [-0.25, -0.2) is 8.42 Å². The lowest BCUT2D eigenvalue weighted by atomic mass is 10.1. The molecule has 21 heavy (non-hydrogen) atoms. The summed E-state index contributed by atoms with van der Waals surface area (Å²) in [5, 5.41) is 3.20. The minimum Gasteiger partial charge on any atom is -0.465 e. The number of nitrogens with zero attached hydrogens (tertiary/aromatic N) is 1. The Balaban J connectivity index is 2.43. The Morgan fingerprint density at radius 3 is 2.62 bits per heavy atom. The molecule has 1 aromatic heterocycles. The van der Waals surface area contributed by atoms with E-state index in [0.29, 0.717) is 29.5 Å². The molecule has 1 fully saturated rings. The molecule has 2 rings (SSSR count). The van der Waals surface area contributed by atoms with E-state index in [-0.39, 0.29) is 6.04 Å². The SMILES string of the molecule is CCNCc1c(C)oc(C)c1S(=O)(=O)N1CCCCC1C. The second-order valence-electron chi connectivity index (χ2n) is 5.76. The van der Waals surface area contributed by atoms with E-state index in [0.717, 1.165) is 31.4 Å². The van der Waals surface area contributed by atoms with Crippen LogP contribution in [0.3, 0.4) is 0 Å². The number of nitrogens with one attached hydrogen (secondary N) is 1. The van der Waals surface area contributed by atoms with Gasteiger partial charge in [0.15, 0.2) is 0 Å². The first kappa shape index (κ1) is 16.5. The molecule has 1 atom stereocenters. The van der Waals surface area contributed by atoms with Crippen molar-refractivity contribution in [3.05, 3.63) is 17.1 Å². The maximum absolute atomic E-state index is 13.1. The van der Waals surface area contributed by atoms with Crippen molar-refractivity contribution in [1.29, 1.82) is 0 Å². The first-order valence-corrected chi connectivity index (χ1v) is 9.15. The monoisotopic (exact) mass is 314 g/mol. The van der Waals surface area contributed by atoms with E-state index in [1.165, 1.54) is 0 Å². The van der Waals surface area contributed by atoms with Crippen LogP contribution in [0.25, 0.3) is 0 Å². The van der Waals surface area contributed by atoms with Gasteiger partial charge in [0.05, 0.1) is 0 Å². The number of furan rings is 1. The number of aryl methyl sites for hydroxylation is 2. The van der Waals surface area contributed by atoms with E-state index in [9.17, 15) is 8.42 Å². The average Bonchev–Trinajstić information content (AvgIpc) is 2.71. The van der Waals surface area contributed by atoms with E-state index in [1.807, 2.05) is 20.8 Å². The van der Waals surface area contributed by atoms with E-state index in [4.69, 9.17) is 4.42 Å². The van der Waals surface area contributed by atoms with Crippen molar-refractivity contribution >= 4 is 10.0 Å². The van der Waals surface area contributed by atoms with Crippen LogP contribution in [0.2, 0.25) is 0 Å². The highest BCUT2D eigenvalue weighted by atomic mass is 32.2. The third-order valence-corrected chi connectivity index (χ3v) is 6.40. The quantitative estimate of drug-likeness (QED) is 0.907. The van der Waals surface area contributed by atoms with Crippen molar-refractivity contribution in [2.75, 3.05) is 13.1 Å². The van der Waals surface area contributed by atoms with Gasteiger partial charge in [-0.15, -0.1) is 0 Å². The first-order valence-electron chi connectivity index (χ1n) is 7.71. The molecule has 0 amide bonds. The van der Waals surface area contributed by atoms with Crippen molar-refractivity contribution in [3.63, 3.8) is 0 Å². The second-order valence-corrected chi connectivity index (χ2v) is 7.59. The highest BCUT2D eigenvalue weighted by Gasteiger charge is 2.35. The fourth-order valence-electron chi connectivity index (χ4n) is 3.05. The Morgan fingerprint density at radius 1 is 1.29 bits per heavy atom. The van der Waals surface area contributed by atoms with Crippen molar-refractivity contribution in [2.24, 2.45) is 0 Å². The highest BCUT2D eigenvalue weighted by Crippen LogP contribution is 2.32. The van der Waals surface area contributed by atoms with Gasteiger partial charge < -0.3 is 9.73 Å². The molecule has 0 saturated carbocycles. The van der Waals surface area contributed by atoms with Crippen LogP contribution in [-0.4, -0.2) is 31.9 Å². The molecule has 120 valence electrons. The van der Waals surface area contributed by atoms with Crippen LogP contribution in [0, 0.1) is 13.8 Å². The Kier molecular flexibility index (Phi) is 5.11. The van der Waals surface area contributed by atoms with Crippen molar-refractivity contribution in [1.82, 2.24) is 9.62 Å². The lowest BCUT2D eigenvalue weighted by molar-refractivity contribution is 0.268. The summed E-state index contributed by atoms with van der Waals surface area (Å²) in [6, 6.07) is 0.0605. The van der Waals surface area contributed by atoms with Crippen LogP contribution >= 0.6 is 0 Å². The van der Waals surface area contributed by atoms with Crippen LogP contribution in [0.4, 0.5) is 0 Å². The lowest BCUT2D eigenvalue weighted by Crippen LogP contribution is -2.42. The minimum atomic E-state index is -3.48. The van der Waals surface area contributed by atoms with Gasteiger partial charge in [0.2, 0.25) is 10.0 Å². The summed E-state index contributed by atoms with van der Waals surface area (Å²) in [5.74, 6) is 1.19. The Labute approximate surface area is 127 Å². The minimum absolute atomic E-state index is 0.0605. The van der Waals surface area contributed by atoms with E-state index >= 15 is 0 Å². The molecule has 2 heterocycles. The zero-order chi connectivity index (χ0) is 15.6. The van der Waals surface area contributed by atoms with Crippen molar-refractivity contribution in [2.45, 2.75) is 64.4 Å². The normalized spacial score (nSPS) is 20.9. The third kappa shape index (κ3) is 3.17. The van der Waals surface area contributed by atoms with Crippen LogP contribution in [0.15, 0.2) is 9.31 Å². The van der Waals surface area contributed by atoms with E-state index in [1.54, 1.807) is 11.2 Å². The first-order chi connectivity index (χ1) is 9.89. The number of sulfonamides is 1. The van der Waals surface area contributed by atoms with Crippen molar-refractivity contribution in [3.8, 4) is 0 Å². The molecule has 1 saturated heterocycles. The average molecular weight is 314 g/mol. The van der Waals surface area contributed by atoms with Gasteiger partial charge in [0, 0.05) is 24.7 Å². The zero-order valence-electron chi connectivity index (χ0n) is 13.4. The molecular weight excluding hydrogens is 288 g/mol. The molecule has 1 aromatic rings. The Hall–Kier alpha value is -0.850. The molecule has 0 spiro atoms. The molecule has 0 radical (unpaired) electrons. The number of piperidine rings is 1. The number of hydrogen-bond donors (Lipinski definition) is 1. The zero-order valence-corrected chi connectivity index (χ0v) is 14.2. The number of hydrogen-bond acceptors (Lipinski definition) is 4. The Bertz CT molecular complexity index is 592. The maximum Gasteiger partial charge on any atom is 0.247 e. The van der Waals surface area contributed by atoms with Crippen LogP contribution in [-0.2, 0) is 16.6 Å². The molecule has 1 aliphatic heterocycles. The predicted molar refractivity (Wildman–Crippen MR) is 82.8 cm³/mol. The highest BCUT2D eigenvalue weighted by molar-refractivity contribution is 7.89. The predicted octanol–water partition coefficient (Wildman–Crippen LogP) is 2.57. The summed E-state index contributed by atoms with van der Waals surface area (Å²) >= 11 is 0. The standard InChI is InChI=1S/C15H26N2O3S/c1-5-16-10-14-12(3)20-13(4)15(14)21(18,19)17-9-7-6-8-11(17)2/h11,16H,5-10H2,1-4H3. The lowest BCUT2D eigenvalue weighted by Gasteiger charge is -2.32. The summed E-state index contributed by atoms with van der Waals surface area (Å²) in [6.07, 6.45) is 2.96. The van der Waals surface area contributed by atoms with Gasteiger partial charge in [-0.2, -0.15) is 4.31 Å². The fourth-order valence-corrected chi connectivity index (χ4v) is 5.16. The van der Waals surface area contributed by atoms with Crippen molar-refractivity contribution < 1.29 is 12.8 Å². The van der Waals surface area contributed by atoms with Crippen LogP contribution < -0.4 is 5.32 Å². The number of rotatable bonds is 5. The van der Waals surface area contributed by atoms with Gasteiger partial charge in [0.1, 0.15) is 16.4 Å². The van der Waals surface area contributed by atoms with Gasteiger partial charge in [-0.3, -0.25) is 0 Å². The molecular formula is C15H26N2O3S. The molecule has 1 unspecified atom stereocenters. The molecule has 1 aliphatic rings. The summed E-state index contributed by atoms with van der Waals surface area (Å²) in [5.41, 5.74) is 0.770.